The lowest BCUT2D eigenvalue weighted by atomic mass is 10.1. The van der Waals surface area contributed by atoms with E-state index in [2.05, 4.69) is 5.32 Å². The first-order valence-corrected chi connectivity index (χ1v) is 11.2. The molecule has 0 saturated carbocycles. The maximum Gasteiger partial charge on any atom is 0.338 e. The number of rotatable bonds is 10. The van der Waals surface area contributed by atoms with Gasteiger partial charge in [0.15, 0.2) is 11.5 Å². The Hall–Kier alpha value is -4.57. The summed E-state index contributed by atoms with van der Waals surface area (Å²) in [5.41, 5.74) is 2.38. The van der Waals surface area contributed by atoms with Crippen molar-refractivity contribution in [3.05, 3.63) is 95.1 Å². The number of nitrogens with one attached hydrogen (secondary N) is 1. The number of amides is 1. The van der Waals surface area contributed by atoms with Gasteiger partial charge in [-0.25, -0.2) is 4.79 Å². The Kier molecular flexibility index (Phi) is 9.03. The molecule has 0 bridgehead atoms. The van der Waals surface area contributed by atoms with Crippen molar-refractivity contribution in [2.45, 2.75) is 20.5 Å². The lowest BCUT2D eigenvalue weighted by Crippen LogP contribution is -2.13. The van der Waals surface area contributed by atoms with Crippen LogP contribution in [0.4, 0.5) is 5.69 Å². The number of hydrogen-bond acceptors (Lipinski definition) is 6. The van der Waals surface area contributed by atoms with E-state index < -0.39 is 11.9 Å². The molecule has 3 aromatic carbocycles. The molecule has 0 aromatic heterocycles. The molecule has 0 aliphatic heterocycles. The predicted octanol–water partition coefficient (Wildman–Crippen LogP) is 5.39. The molecule has 7 nitrogen and oxygen atoms in total. The van der Waals surface area contributed by atoms with Crippen molar-refractivity contribution in [3.63, 3.8) is 0 Å². The van der Waals surface area contributed by atoms with E-state index in [9.17, 15) is 14.9 Å². The average Bonchev–Trinajstić information content (AvgIpc) is 2.88. The van der Waals surface area contributed by atoms with Crippen LogP contribution < -0.4 is 14.8 Å². The van der Waals surface area contributed by atoms with Crippen LogP contribution in [0, 0.1) is 11.3 Å². The van der Waals surface area contributed by atoms with Gasteiger partial charge in [0.1, 0.15) is 18.2 Å². The maximum atomic E-state index is 12.7. The molecule has 0 atom stereocenters. The summed E-state index contributed by atoms with van der Waals surface area (Å²) in [6.07, 6.45) is 1.48. The van der Waals surface area contributed by atoms with Gasteiger partial charge < -0.3 is 19.5 Å². The SMILES string of the molecule is CCOC(=O)c1ccc(NC(=O)/C(C#N)=C/c2ccc(OCc3ccccc3)c(OCC)c2)cc1. The van der Waals surface area contributed by atoms with Crippen LogP contribution in [0.15, 0.2) is 78.4 Å². The minimum Gasteiger partial charge on any atom is -0.490 e. The summed E-state index contributed by atoms with van der Waals surface area (Å²) >= 11 is 0. The third kappa shape index (κ3) is 7.21. The number of nitrogens with zero attached hydrogens (tertiary/aromatic N) is 1. The highest BCUT2D eigenvalue weighted by molar-refractivity contribution is 6.09. The number of carbonyl (C=O) groups is 2. The topological polar surface area (TPSA) is 97.7 Å². The van der Waals surface area contributed by atoms with Gasteiger partial charge in [-0.1, -0.05) is 36.4 Å². The molecular weight excluding hydrogens is 444 g/mol. The average molecular weight is 471 g/mol. The van der Waals surface area contributed by atoms with E-state index in [0.29, 0.717) is 41.5 Å². The van der Waals surface area contributed by atoms with Crippen LogP contribution in [0.1, 0.15) is 35.3 Å². The van der Waals surface area contributed by atoms with Crippen LogP contribution in [-0.2, 0) is 16.1 Å². The van der Waals surface area contributed by atoms with E-state index in [4.69, 9.17) is 14.2 Å². The summed E-state index contributed by atoms with van der Waals surface area (Å²) < 4.78 is 16.6. The molecule has 0 spiro atoms. The van der Waals surface area contributed by atoms with Crippen molar-refractivity contribution in [1.82, 2.24) is 0 Å². The fourth-order valence-electron chi connectivity index (χ4n) is 3.16. The Morgan fingerprint density at radius 2 is 1.66 bits per heavy atom. The number of benzene rings is 3. The number of nitriles is 1. The number of carbonyl (C=O) groups excluding carboxylic acids is 2. The monoisotopic (exact) mass is 470 g/mol. The predicted molar refractivity (Wildman–Crippen MR) is 133 cm³/mol. The Balaban J connectivity index is 1.73. The van der Waals surface area contributed by atoms with Crippen LogP contribution >= 0.6 is 0 Å². The molecule has 0 aliphatic carbocycles. The fourth-order valence-corrected chi connectivity index (χ4v) is 3.16. The Morgan fingerprint density at radius 3 is 2.31 bits per heavy atom. The molecule has 0 unspecified atom stereocenters. The third-order valence-electron chi connectivity index (χ3n) is 4.83. The van der Waals surface area contributed by atoms with Crippen LogP contribution in [0.2, 0.25) is 0 Å². The van der Waals surface area contributed by atoms with Crippen molar-refractivity contribution in [1.29, 1.82) is 5.26 Å². The first-order chi connectivity index (χ1) is 17.0. The van der Waals surface area contributed by atoms with E-state index in [1.54, 1.807) is 49.4 Å². The molecule has 7 heteroatoms. The minimum atomic E-state index is -0.571. The molecule has 35 heavy (non-hydrogen) atoms. The van der Waals surface area contributed by atoms with Crippen molar-refractivity contribution in [3.8, 4) is 17.6 Å². The zero-order valence-corrected chi connectivity index (χ0v) is 19.6. The lowest BCUT2D eigenvalue weighted by molar-refractivity contribution is -0.112. The van der Waals surface area contributed by atoms with Crippen molar-refractivity contribution >= 4 is 23.6 Å². The summed E-state index contributed by atoms with van der Waals surface area (Å²) in [6, 6.07) is 23.2. The quantitative estimate of drug-likeness (QED) is 0.242. The number of anilines is 1. The van der Waals surface area contributed by atoms with Crippen LogP contribution in [0.3, 0.4) is 0 Å². The van der Waals surface area contributed by atoms with E-state index in [-0.39, 0.29) is 12.2 Å². The molecule has 0 fully saturated rings. The Labute approximate surface area is 204 Å². The molecule has 0 radical (unpaired) electrons. The number of esters is 1. The minimum absolute atomic E-state index is 0.0835. The Morgan fingerprint density at radius 1 is 0.914 bits per heavy atom. The zero-order valence-electron chi connectivity index (χ0n) is 19.6. The highest BCUT2D eigenvalue weighted by atomic mass is 16.5. The lowest BCUT2D eigenvalue weighted by Gasteiger charge is -2.13. The summed E-state index contributed by atoms with van der Waals surface area (Å²) in [4.78, 5) is 24.4. The zero-order chi connectivity index (χ0) is 25.0. The van der Waals surface area contributed by atoms with Gasteiger partial charge in [0, 0.05) is 5.69 Å². The highest BCUT2D eigenvalue weighted by Crippen LogP contribution is 2.30. The normalized spacial score (nSPS) is 10.7. The van der Waals surface area contributed by atoms with Crippen LogP contribution in [0.5, 0.6) is 11.5 Å². The molecule has 0 aliphatic rings. The van der Waals surface area contributed by atoms with Gasteiger partial charge in [0.05, 0.1) is 18.8 Å². The van der Waals surface area contributed by atoms with Gasteiger partial charge >= 0.3 is 5.97 Å². The van der Waals surface area contributed by atoms with E-state index in [1.807, 2.05) is 43.3 Å². The molecule has 3 aromatic rings. The first kappa shape index (κ1) is 25.1. The molecule has 1 N–H and O–H groups in total. The second-order valence-electron chi connectivity index (χ2n) is 7.34. The molecular formula is C28H26N2O5. The summed E-state index contributed by atoms with van der Waals surface area (Å²) in [7, 11) is 0. The van der Waals surface area contributed by atoms with Gasteiger partial charge in [-0.15, -0.1) is 0 Å². The summed E-state index contributed by atoms with van der Waals surface area (Å²) in [6.45, 7) is 4.69. The summed E-state index contributed by atoms with van der Waals surface area (Å²) in [5, 5.41) is 12.2. The van der Waals surface area contributed by atoms with Crippen molar-refractivity contribution in [2.24, 2.45) is 0 Å². The Bertz CT molecular complexity index is 1230. The molecule has 3 rings (SSSR count). The van der Waals surface area contributed by atoms with Crippen LogP contribution in [-0.4, -0.2) is 25.1 Å². The number of ether oxygens (including phenoxy) is 3. The van der Waals surface area contributed by atoms with Crippen LogP contribution in [0.25, 0.3) is 6.08 Å². The van der Waals surface area contributed by atoms with Gasteiger partial charge in [0.2, 0.25) is 0 Å². The second-order valence-corrected chi connectivity index (χ2v) is 7.34. The summed E-state index contributed by atoms with van der Waals surface area (Å²) in [5.74, 6) is 0.0740. The molecule has 0 heterocycles. The van der Waals surface area contributed by atoms with E-state index in [1.165, 1.54) is 6.08 Å². The highest BCUT2D eigenvalue weighted by Gasteiger charge is 2.13. The van der Waals surface area contributed by atoms with Crippen molar-refractivity contribution < 1.29 is 23.8 Å². The maximum absolute atomic E-state index is 12.7. The fraction of sp³-hybridized carbons (Fsp3) is 0.179. The second kappa shape index (κ2) is 12.6. The third-order valence-corrected chi connectivity index (χ3v) is 4.83. The van der Waals surface area contributed by atoms with E-state index in [0.717, 1.165) is 5.56 Å². The van der Waals surface area contributed by atoms with Gasteiger partial charge in [-0.3, -0.25) is 4.79 Å². The van der Waals surface area contributed by atoms with E-state index >= 15 is 0 Å². The van der Waals surface area contributed by atoms with Gasteiger partial charge in [-0.05, 0) is 67.4 Å². The molecule has 1 amide bonds. The van der Waals surface area contributed by atoms with Gasteiger partial charge in [0.25, 0.3) is 5.91 Å². The first-order valence-electron chi connectivity index (χ1n) is 11.2. The largest absolute Gasteiger partial charge is 0.490 e. The smallest absolute Gasteiger partial charge is 0.338 e. The van der Waals surface area contributed by atoms with Crippen molar-refractivity contribution in [2.75, 3.05) is 18.5 Å². The number of hydrogen-bond donors (Lipinski definition) is 1. The standard InChI is InChI=1S/C28H26N2O5/c1-3-33-26-17-21(10-15-25(26)35-19-20-8-6-5-7-9-20)16-23(18-29)27(31)30-24-13-11-22(12-14-24)28(32)34-4-2/h5-17H,3-4,19H2,1-2H3,(H,30,31)/b23-16+. The molecule has 0 saturated heterocycles. The molecule has 178 valence electrons. The van der Waals surface area contributed by atoms with Gasteiger partial charge in [-0.2, -0.15) is 5.26 Å².